The van der Waals surface area contributed by atoms with Crippen molar-refractivity contribution in [2.45, 2.75) is 32.1 Å². The Morgan fingerprint density at radius 2 is 1.68 bits per heavy atom. The number of ether oxygens (including phenoxy) is 1. The first-order chi connectivity index (χ1) is 19.8. The van der Waals surface area contributed by atoms with E-state index in [9.17, 15) is 24.3 Å². The zero-order valence-corrected chi connectivity index (χ0v) is 22.7. The molecule has 1 heterocycles. The lowest BCUT2D eigenvalue weighted by molar-refractivity contribution is -0.140. The number of carbonyl (C=O) groups excluding carboxylic acids is 4. The minimum absolute atomic E-state index is 0.112. The highest BCUT2D eigenvalue weighted by Crippen LogP contribution is 2.55. The number of carbonyl (C=O) groups is 4. The number of phenols is 1. The number of nitrogens with zero attached hydrogens (tertiary/aromatic N) is 1. The van der Waals surface area contributed by atoms with E-state index in [1.807, 2.05) is 18.2 Å². The number of aliphatic hydroxyl groups excluding tert-OH is 1. The van der Waals surface area contributed by atoms with E-state index in [4.69, 9.17) is 9.84 Å². The van der Waals surface area contributed by atoms with Crippen LogP contribution < -0.4 is 4.74 Å². The molecule has 210 valence electrons. The van der Waals surface area contributed by atoms with Crippen LogP contribution in [-0.4, -0.2) is 58.3 Å². The number of aromatic hydroxyl groups is 1. The van der Waals surface area contributed by atoms with Crippen LogP contribution >= 0.6 is 0 Å². The summed E-state index contributed by atoms with van der Waals surface area (Å²) in [7, 11) is 0. The smallest absolute Gasteiger partial charge is 0.233 e. The van der Waals surface area contributed by atoms with Gasteiger partial charge in [0.25, 0.3) is 0 Å². The van der Waals surface area contributed by atoms with Gasteiger partial charge in [0.05, 0.1) is 18.4 Å². The molecule has 6 rings (SSSR count). The molecule has 2 N–H and O–H groups in total. The quantitative estimate of drug-likeness (QED) is 0.306. The van der Waals surface area contributed by atoms with Gasteiger partial charge in [-0.05, 0) is 73.6 Å². The number of rotatable bonds is 7. The Morgan fingerprint density at radius 3 is 2.39 bits per heavy atom. The third kappa shape index (κ3) is 4.62. The predicted molar refractivity (Wildman–Crippen MR) is 149 cm³/mol. The summed E-state index contributed by atoms with van der Waals surface area (Å²) in [4.78, 5) is 55.4. The van der Waals surface area contributed by atoms with E-state index in [1.54, 1.807) is 43.3 Å². The largest absolute Gasteiger partial charge is 0.508 e. The van der Waals surface area contributed by atoms with Crippen LogP contribution in [0.5, 0.6) is 11.5 Å². The number of benzene rings is 2. The van der Waals surface area contributed by atoms with Gasteiger partial charge in [0.2, 0.25) is 11.8 Å². The number of Topliss-reactive ketones (excluding diaryl/α,β-unsaturated/α-hetero) is 1. The number of fused-ring (bicyclic) bond motifs is 3. The molecule has 41 heavy (non-hydrogen) atoms. The van der Waals surface area contributed by atoms with Crippen molar-refractivity contribution in [1.82, 2.24) is 4.90 Å². The molecule has 0 bridgehead atoms. The molecule has 0 saturated carbocycles. The number of ketones is 2. The summed E-state index contributed by atoms with van der Waals surface area (Å²) in [6, 6.07) is 14.0. The molecule has 8 nitrogen and oxygen atoms in total. The van der Waals surface area contributed by atoms with E-state index < -0.39 is 17.8 Å². The summed E-state index contributed by atoms with van der Waals surface area (Å²) in [5.74, 6) is -2.06. The Morgan fingerprint density at radius 1 is 0.951 bits per heavy atom. The Kier molecular flexibility index (Phi) is 6.95. The maximum Gasteiger partial charge on any atom is 0.233 e. The Balaban J connectivity index is 1.34. The van der Waals surface area contributed by atoms with E-state index in [1.165, 1.54) is 11.0 Å². The van der Waals surface area contributed by atoms with Gasteiger partial charge in [0.15, 0.2) is 11.6 Å². The van der Waals surface area contributed by atoms with Gasteiger partial charge in [-0.3, -0.25) is 24.1 Å². The number of hydrogen-bond donors (Lipinski definition) is 2. The van der Waals surface area contributed by atoms with Crippen molar-refractivity contribution in [2.24, 2.45) is 17.8 Å². The van der Waals surface area contributed by atoms with E-state index >= 15 is 0 Å². The van der Waals surface area contributed by atoms with Gasteiger partial charge in [-0.2, -0.15) is 0 Å². The van der Waals surface area contributed by atoms with Crippen molar-refractivity contribution in [3.05, 3.63) is 94.1 Å². The summed E-state index contributed by atoms with van der Waals surface area (Å²) in [6.07, 6.45) is 4.50. The van der Waals surface area contributed by atoms with Gasteiger partial charge in [-0.1, -0.05) is 35.9 Å². The second-order valence-corrected chi connectivity index (χ2v) is 11.1. The van der Waals surface area contributed by atoms with Crippen molar-refractivity contribution in [2.75, 3.05) is 19.8 Å². The van der Waals surface area contributed by atoms with E-state index in [0.717, 1.165) is 16.7 Å². The monoisotopic (exact) mass is 553 g/mol. The number of allylic oxidation sites excluding steroid dienone is 6. The van der Waals surface area contributed by atoms with Crippen molar-refractivity contribution in [3.63, 3.8) is 0 Å². The molecular formula is C33H31NO7. The first kappa shape index (κ1) is 26.9. The normalized spacial score (nSPS) is 25.5. The van der Waals surface area contributed by atoms with Crippen LogP contribution in [0.1, 0.15) is 36.8 Å². The number of imide groups is 1. The summed E-state index contributed by atoms with van der Waals surface area (Å²) in [5.41, 5.74) is 3.90. The van der Waals surface area contributed by atoms with Crippen LogP contribution in [0.3, 0.4) is 0 Å². The molecular weight excluding hydrogens is 522 g/mol. The first-order valence-corrected chi connectivity index (χ1v) is 14.0. The molecule has 2 aromatic rings. The highest BCUT2D eigenvalue weighted by Gasteiger charge is 2.56. The minimum atomic E-state index is -0.596. The number of likely N-dealkylation sites (tertiary alicyclic amines) is 1. The Labute approximate surface area is 237 Å². The topological polar surface area (TPSA) is 121 Å². The van der Waals surface area contributed by atoms with Crippen LogP contribution in [-0.2, 0) is 25.6 Å². The fraction of sp³-hybridized carbons (Fsp3) is 0.333. The summed E-state index contributed by atoms with van der Waals surface area (Å²) < 4.78 is 5.51. The summed E-state index contributed by atoms with van der Waals surface area (Å²) in [5, 5.41) is 18.6. The molecule has 4 atom stereocenters. The SMILES string of the molecule is CC1=CC(=O)C2=C(C1=O)[C@@H](c1ccc(OCCO)cc1)C1=CC[C@@H]3C(=O)N(CCc4ccc(O)cc4)C(=O)[C@@H]3[C@@H]1C2. The van der Waals surface area contributed by atoms with E-state index in [2.05, 4.69) is 0 Å². The Bertz CT molecular complexity index is 1530. The lowest BCUT2D eigenvalue weighted by Crippen LogP contribution is -2.40. The second kappa shape index (κ2) is 10.6. The highest BCUT2D eigenvalue weighted by molar-refractivity contribution is 6.23. The van der Waals surface area contributed by atoms with Gasteiger partial charge in [0.1, 0.15) is 18.1 Å². The van der Waals surface area contributed by atoms with Crippen LogP contribution in [0.15, 0.2) is 83.0 Å². The third-order valence-electron chi connectivity index (χ3n) is 8.79. The minimum Gasteiger partial charge on any atom is -0.508 e. The molecule has 0 radical (unpaired) electrons. The molecule has 4 aliphatic rings. The van der Waals surface area contributed by atoms with Gasteiger partial charge >= 0.3 is 0 Å². The molecule has 3 aliphatic carbocycles. The molecule has 0 aromatic heterocycles. The lowest BCUT2D eigenvalue weighted by Gasteiger charge is -2.42. The van der Waals surface area contributed by atoms with Crippen molar-refractivity contribution >= 4 is 23.4 Å². The number of amides is 2. The zero-order valence-electron chi connectivity index (χ0n) is 22.7. The molecule has 2 amide bonds. The molecule has 1 fully saturated rings. The average Bonchev–Trinajstić information content (AvgIpc) is 3.22. The van der Waals surface area contributed by atoms with Gasteiger partial charge in [-0.15, -0.1) is 0 Å². The number of phenolic OH excluding ortho intramolecular Hbond substituents is 1. The van der Waals surface area contributed by atoms with Crippen LogP contribution in [0.2, 0.25) is 0 Å². The highest BCUT2D eigenvalue weighted by atomic mass is 16.5. The van der Waals surface area contributed by atoms with E-state index in [-0.39, 0.29) is 61.2 Å². The summed E-state index contributed by atoms with van der Waals surface area (Å²) in [6.45, 7) is 1.93. The second-order valence-electron chi connectivity index (χ2n) is 11.1. The van der Waals surface area contributed by atoms with Gasteiger partial charge in [0, 0.05) is 29.2 Å². The molecule has 0 unspecified atom stereocenters. The van der Waals surface area contributed by atoms with Crippen LogP contribution in [0.4, 0.5) is 0 Å². The average molecular weight is 554 g/mol. The van der Waals surface area contributed by atoms with Crippen molar-refractivity contribution in [1.29, 1.82) is 0 Å². The molecule has 0 spiro atoms. The van der Waals surface area contributed by atoms with Gasteiger partial charge in [-0.25, -0.2) is 0 Å². The third-order valence-corrected chi connectivity index (χ3v) is 8.79. The standard InChI is InChI=1S/C33H31NO7/c1-18-16-27(37)26-17-25-23(28(30(26)31(18)38)20-4-8-22(9-5-20)41-15-14-35)10-11-24-29(25)33(40)34(32(24)39)13-12-19-2-6-21(36)7-3-19/h2-10,16,24-25,28-29,35-36H,11-15,17H2,1H3/t24-,25+,28-,29-/m0/s1. The molecule has 2 aromatic carbocycles. The predicted octanol–water partition coefficient (Wildman–Crippen LogP) is 3.44. The summed E-state index contributed by atoms with van der Waals surface area (Å²) >= 11 is 0. The lowest BCUT2D eigenvalue weighted by atomic mass is 9.59. The Hall–Kier alpha value is -4.30. The van der Waals surface area contributed by atoms with Crippen molar-refractivity contribution in [3.8, 4) is 11.5 Å². The molecule has 8 heteroatoms. The number of aliphatic hydroxyl groups is 1. The van der Waals surface area contributed by atoms with Crippen molar-refractivity contribution < 1.29 is 34.1 Å². The first-order valence-electron chi connectivity index (χ1n) is 14.0. The van der Waals surface area contributed by atoms with Gasteiger partial charge < -0.3 is 14.9 Å². The van der Waals surface area contributed by atoms with E-state index in [0.29, 0.717) is 35.3 Å². The fourth-order valence-corrected chi connectivity index (χ4v) is 6.85. The van der Waals surface area contributed by atoms with Crippen LogP contribution in [0.25, 0.3) is 0 Å². The fourth-order valence-electron chi connectivity index (χ4n) is 6.85. The number of hydrogen-bond acceptors (Lipinski definition) is 7. The van der Waals surface area contributed by atoms with Crippen LogP contribution in [0, 0.1) is 17.8 Å². The zero-order chi connectivity index (χ0) is 28.8. The molecule has 1 aliphatic heterocycles. The maximum absolute atomic E-state index is 13.8. The molecule has 1 saturated heterocycles. The maximum atomic E-state index is 13.8.